The second kappa shape index (κ2) is 12.8. The van der Waals surface area contributed by atoms with Crippen molar-refractivity contribution in [1.82, 2.24) is 0 Å². The van der Waals surface area contributed by atoms with E-state index >= 15 is 0 Å². The number of alkyl halides is 1. The highest BCUT2D eigenvalue weighted by molar-refractivity contribution is 6.20. The molecule has 4 N–H and O–H groups in total. The minimum absolute atomic E-state index is 0.0141. The van der Waals surface area contributed by atoms with E-state index < -0.39 is 24.1 Å². The van der Waals surface area contributed by atoms with Crippen molar-refractivity contribution in [1.29, 1.82) is 0 Å². The molecule has 0 aromatic rings. The minimum atomic E-state index is -0.760. The molecule has 36 heavy (non-hydrogen) atoms. The number of aliphatic hydroxyl groups excluding tert-OH is 3. The molecule has 0 aliphatic heterocycles. The molecule has 3 aliphatic carbocycles. The summed E-state index contributed by atoms with van der Waals surface area (Å²) in [6, 6.07) is 0. The number of rotatable bonds is 10. The van der Waals surface area contributed by atoms with Crippen LogP contribution in [0.2, 0.25) is 0 Å². The number of allylic oxidation sites excluding steroid dienone is 1. The van der Waals surface area contributed by atoms with Gasteiger partial charge in [-0.1, -0.05) is 19.4 Å². The molecule has 0 bridgehead atoms. The van der Waals surface area contributed by atoms with Crippen LogP contribution in [-0.2, 0) is 9.47 Å². The third kappa shape index (κ3) is 7.05. The van der Waals surface area contributed by atoms with E-state index in [-0.39, 0.29) is 41.3 Å². The quantitative estimate of drug-likeness (QED) is 0.181. The Labute approximate surface area is 223 Å². The van der Waals surface area contributed by atoms with Crippen molar-refractivity contribution >= 4 is 11.6 Å². The van der Waals surface area contributed by atoms with Crippen LogP contribution in [0.1, 0.15) is 98.3 Å². The van der Waals surface area contributed by atoms with Gasteiger partial charge < -0.3 is 29.9 Å². The maximum atomic E-state index is 11.8. The number of halogens is 1. The summed E-state index contributed by atoms with van der Waals surface area (Å²) < 4.78 is 11.0. The summed E-state index contributed by atoms with van der Waals surface area (Å²) in [7, 11) is 1.51. The first-order valence-corrected chi connectivity index (χ1v) is 14.5. The first-order chi connectivity index (χ1) is 16.9. The van der Waals surface area contributed by atoms with Crippen LogP contribution < -0.4 is 0 Å². The molecule has 0 amide bonds. The molecule has 3 aliphatic rings. The van der Waals surface area contributed by atoms with E-state index in [4.69, 9.17) is 21.1 Å². The maximum Gasteiger partial charge on any atom is 0.157 e. The lowest BCUT2D eigenvalue weighted by atomic mass is 9.54. The van der Waals surface area contributed by atoms with Crippen LogP contribution in [0.3, 0.4) is 0 Å². The van der Waals surface area contributed by atoms with Crippen molar-refractivity contribution in [3.8, 4) is 0 Å². The number of hydrogen-bond donors (Lipinski definition) is 4. The molecular weight excluding hydrogens is 480 g/mol. The summed E-state index contributed by atoms with van der Waals surface area (Å²) in [5, 5.41) is 44.2. The standard InChI is InChI=1S/C29H51ClO6/c1-18(2)25(15-23(31)17-36-24-11-6-19(14-24)27(33)35-5)26(32)20-12-13-29(34,28(3,4)16-20)21-7-9-22(30)10-8-21/h19-24,26-27,31-34H,6-17H2,1-5H3. The van der Waals surface area contributed by atoms with E-state index in [0.717, 1.165) is 68.9 Å². The highest BCUT2D eigenvalue weighted by Gasteiger charge is 2.53. The average Bonchev–Trinajstić information content (AvgIpc) is 3.31. The van der Waals surface area contributed by atoms with E-state index in [2.05, 4.69) is 13.8 Å². The summed E-state index contributed by atoms with van der Waals surface area (Å²) in [4.78, 5) is 0. The Morgan fingerprint density at radius 2 is 1.64 bits per heavy atom. The van der Waals surface area contributed by atoms with Crippen LogP contribution in [-0.4, -0.2) is 69.7 Å². The van der Waals surface area contributed by atoms with Gasteiger partial charge in [0, 0.05) is 18.4 Å². The molecule has 6 nitrogen and oxygen atoms in total. The van der Waals surface area contributed by atoms with E-state index in [1.165, 1.54) is 7.11 Å². The highest BCUT2D eigenvalue weighted by Crippen LogP contribution is 2.54. The predicted octanol–water partition coefficient (Wildman–Crippen LogP) is 4.94. The van der Waals surface area contributed by atoms with Crippen molar-refractivity contribution in [2.75, 3.05) is 13.7 Å². The number of ether oxygens (including phenoxy) is 2. The molecule has 3 fully saturated rings. The van der Waals surface area contributed by atoms with Gasteiger partial charge in [0.15, 0.2) is 6.29 Å². The van der Waals surface area contributed by atoms with Gasteiger partial charge >= 0.3 is 0 Å². The van der Waals surface area contributed by atoms with Crippen LogP contribution in [0, 0.1) is 23.2 Å². The van der Waals surface area contributed by atoms with Gasteiger partial charge in [0.05, 0.1) is 30.5 Å². The third-order valence-electron chi connectivity index (χ3n) is 9.67. The maximum absolute atomic E-state index is 11.8. The van der Waals surface area contributed by atoms with Crippen LogP contribution in [0.25, 0.3) is 0 Å². The van der Waals surface area contributed by atoms with Gasteiger partial charge in [0.2, 0.25) is 0 Å². The van der Waals surface area contributed by atoms with Gasteiger partial charge in [0.1, 0.15) is 0 Å². The van der Waals surface area contributed by atoms with Crippen LogP contribution >= 0.6 is 11.6 Å². The predicted molar refractivity (Wildman–Crippen MR) is 143 cm³/mol. The lowest BCUT2D eigenvalue weighted by Crippen LogP contribution is -2.56. The lowest BCUT2D eigenvalue weighted by molar-refractivity contribution is -0.163. The smallest absolute Gasteiger partial charge is 0.157 e. The Bertz CT molecular complexity index is 729. The van der Waals surface area contributed by atoms with Crippen molar-refractivity contribution in [3.05, 3.63) is 11.1 Å². The fraction of sp³-hybridized carbons (Fsp3) is 0.931. The largest absolute Gasteiger partial charge is 0.390 e. The molecule has 0 aromatic carbocycles. The fourth-order valence-corrected chi connectivity index (χ4v) is 7.53. The molecule has 7 unspecified atom stereocenters. The number of methoxy groups -OCH3 is 1. The SMILES string of the molecule is COC(O)C1CCC(OCC(O)CC(=C(C)C)C(O)C2CCC(O)(C3CCC(Cl)CC3)C(C)(C)C2)C1. The van der Waals surface area contributed by atoms with Crippen molar-refractivity contribution in [2.45, 2.75) is 134 Å². The van der Waals surface area contributed by atoms with E-state index in [9.17, 15) is 20.4 Å². The Kier molecular flexibility index (Phi) is 10.8. The molecule has 0 radical (unpaired) electrons. The van der Waals surface area contributed by atoms with Gasteiger partial charge in [-0.2, -0.15) is 0 Å². The van der Waals surface area contributed by atoms with Crippen molar-refractivity contribution < 1.29 is 29.9 Å². The van der Waals surface area contributed by atoms with Crippen molar-refractivity contribution in [3.63, 3.8) is 0 Å². The molecule has 0 aromatic heterocycles. The summed E-state index contributed by atoms with van der Waals surface area (Å²) in [5.41, 5.74) is 0.888. The first kappa shape index (κ1) is 30.3. The normalized spacial score (nSPS) is 37.3. The zero-order valence-corrected chi connectivity index (χ0v) is 23.8. The van der Waals surface area contributed by atoms with Crippen LogP contribution in [0.15, 0.2) is 11.1 Å². The summed E-state index contributed by atoms with van der Waals surface area (Å²) in [6.45, 7) is 8.50. The van der Waals surface area contributed by atoms with Gasteiger partial charge in [-0.25, -0.2) is 0 Å². The molecule has 3 rings (SSSR count). The zero-order valence-electron chi connectivity index (χ0n) is 23.1. The number of hydrogen-bond acceptors (Lipinski definition) is 6. The molecule has 0 heterocycles. The van der Waals surface area contributed by atoms with Crippen LogP contribution in [0.5, 0.6) is 0 Å². The first-order valence-electron chi connectivity index (χ1n) is 14.1. The second-order valence-electron chi connectivity index (χ2n) is 12.7. The molecular formula is C29H51ClO6. The Balaban J connectivity index is 1.55. The lowest BCUT2D eigenvalue weighted by Gasteiger charge is -2.55. The van der Waals surface area contributed by atoms with E-state index in [1.54, 1.807) is 0 Å². The van der Waals surface area contributed by atoms with Gasteiger partial charge in [-0.05, 0) is 107 Å². The molecule has 0 spiro atoms. The Hall–Kier alpha value is -0.210. The third-order valence-corrected chi connectivity index (χ3v) is 10.1. The van der Waals surface area contributed by atoms with Crippen molar-refractivity contribution in [2.24, 2.45) is 23.2 Å². The summed E-state index contributed by atoms with van der Waals surface area (Å²) in [6.07, 6.45) is 6.81. The Morgan fingerprint density at radius 3 is 2.22 bits per heavy atom. The summed E-state index contributed by atoms with van der Waals surface area (Å²) in [5.74, 6) is 0.391. The molecule has 0 saturated heterocycles. The second-order valence-corrected chi connectivity index (χ2v) is 13.4. The van der Waals surface area contributed by atoms with E-state index in [1.807, 2.05) is 13.8 Å². The summed E-state index contributed by atoms with van der Waals surface area (Å²) >= 11 is 6.33. The monoisotopic (exact) mass is 530 g/mol. The molecule has 210 valence electrons. The number of aliphatic hydroxyl groups is 4. The highest BCUT2D eigenvalue weighted by atomic mass is 35.5. The minimum Gasteiger partial charge on any atom is -0.390 e. The van der Waals surface area contributed by atoms with Gasteiger partial charge in [-0.15, -0.1) is 11.6 Å². The molecule has 3 saturated carbocycles. The Morgan fingerprint density at radius 1 is 0.972 bits per heavy atom. The molecule has 7 atom stereocenters. The van der Waals surface area contributed by atoms with Gasteiger partial charge in [-0.3, -0.25) is 0 Å². The topological polar surface area (TPSA) is 99.4 Å². The van der Waals surface area contributed by atoms with E-state index in [0.29, 0.717) is 12.8 Å². The van der Waals surface area contributed by atoms with Crippen LogP contribution in [0.4, 0.5) is 0 Å². The molecule has 7 heteroatoms. The average molecular weight is 531 g/mol. The van der Waals surface area contributed by atoms with Gasteiger partial charge in [0.25, 0.3) is 0 Å². The zero-order chi connectivity index (χ0) is 26.7. The fourth-order valence-electron chi connectivity index (χ4n) is 7.28.